The third kappa shape index (κ3) is 4.61. The fraction of sp³-hybridized carbons (Fsp3) is 0.875. The first kappa shape index (κ1) is 17.8. The number of carbonyl (C=O) groups excluding carboxylic acids is 1. The highest BCUT2D eigenvalue weighted by molar-refractivity contribution is 5.83. The van der Waals surface area contributed by atoms with E-state index in [9.17, 15) is 14.7 Å². The van der Waals surface area contributed by atoms with Gasteiger partial charge in [0, 0.05) is 19.1 Å². The van der Waals surface area contributed by atoms with Crippen molar-refractivity contribution in [2.24, 2.45) is 5.92 Å². The molecule has 0 bridgehead atoms. The van der Waals surface area contributed by atoms with Gasteiger partial charge < -0.3 is 14.9 Å². The number of likely N-dealkylation sites (tertiary alicyclic amines) is 1. The van der Waals surface area contributed by atoms with Crippen molar-refractivity contribution in [2.75, 3.05) is 13.1 Å². The number of nitrogens with zero attached hydrogens (tertiary/aromatic N) is 2. The molecule has 1 rings (SSSR count). The van der Waals surface area contributed by atoms with E-state index in [1.165, 1.54) is 0 Å². The summed E-state index contributed by atoms with van der Waals surface area (Å²) >= 11 is 0. The quantitative estimate of drug-likeness (QED) is 0.819. The smallest absolute Gasteiger partial charge is 0.326 e. The van der Waals surface area contributed by atoms with Gasteiger partial charge in [-0.2, -0.15) is 0 Å². The molecule has 122 valence electrons. The zero-order valence-corrected chi connectivity index (χ0v) is 13.8. The molecule has 0 spiro atoms. The topological polar surface area (TPSA) is 60.9 Å². The van der Waals surface area contributed by atoms with E-state index in [4.69, 9.17) is 0 Å². The van der Waals surface area contributed by atoms with Crippen LogP contribution in [0, 0.1) is 5.92 Å². The lowest BCUT2D eigenvalue weighted by Gasteiger charge is -2.40. The van der Waals surface area contributed by atoms with Crippen LogP contribution in [0.5, 0.6) is 0 Å². The van der Waals surface area contributed by atoms with Crippen molar-refractivity contribution >= 4 is 12.0 Å². The molecule has 1 unspecified atom stereocenters. The molecule has 0 aromatic rings. The van der Waals surface area contributed by atoms with Gasteiger partial charge in [0.2, 0.25) is 0 Å². The van der Waals surface area contributed by atoms with Gasteiger partial charge in [-0.05, 0) is 38.0 Å². The SMILES string of the molecule is CCC(CC)N(CC(C)C)C(=O)N1CCCCC1C(=O)O. The summed E-state index contributed by atoms with van der Waals surface area (Å²) in [6.45, 7) is 9.60. The Labute approximate surface area is 128 Å². The van der Waals surface area contributed by atoms with E-state index in [1.54, 1.807) is 4.90 Å². The van der Waals surface area contributed by atoms with Crippen molar-refractivity contribution < 1.29 is 14.7 Å². The Bertz CT molecular complexity index is 353. The molecule has 1 saturated heterocycles. The molecular formula is C16H30N2O3. The Morgan fingerprint density at radius 3 is 2.33 bits per heavy atom. The zero-order chi connectivity index (χ0) is 16.0. The molecule has 0 radical (unpaired) electrons. The van der Waals surface area contributed by atoms with E-state index in [1.807, 2.05) is 4.90 Å². The fourth-order valence-electron chi connectivity index (χ4n) is 3.09. The number of carboxylic acid groups (broad SMARTS) is 1. The predicted octanol–water partition coefficient (Wildman–Crippen LogP) is 3.19. The van der Waals surface area contributed by atoms with Gasteiger partial charge in [-0.15, -0.1) is 0 Å². The van der Waals surface area contributed by atoms with Gasteiger partial charge in [0.25, 0.3) is 0 Å². The number of hydrogen-bond acceptors (Lipinski definition) is 2. The Kier molecular flexibility index (Phi) is 6.99. The first-order valence-electron chi connectivity index (χ1n) is 8.22. The molecule has 1 N–H and O–H groups in total. The van der Waals surface area contributed by atoms with Crippen LogP contribution >= 0.6 is 0 Å². The van der Waals surface area contributed by atoms with Crippen LogP contribution in [0.25, 0.3) is 0 Å². The van der Waals surface area contributed by atoms with Crippen molar-refractivity contribution in [3.05, 3.63) is 0 Å². The second kappa shape index (κ2) is 8.25. The summed E-state index contributed by atoms with van der Waals surface area (Å²) in [6.07, 6.45) is 4.16. The van der Waals surface area contributed by atoms with Crippen LogP contribution in [-0.2, 0) is 4.79 Å². The van der Waals surface area contributed by atoms with Crippen molar-refractivity contribution in [3.8, 4) is 0 Å². The van der Waals surface area contributed by atoms with Crippen LogP contribution in [0.2, 0.25) is 0 Å². The first-order valence-corrected chi connectivity index (χ1v) is 8.22. The van der Waals surface area contributed by atoms with E-state index < -0.39 is 12.0 Å². The van der Waals surface area contributed by atoms with Crippen LogP contribution < -0.4 is 0 Å². The van der Waals surface area contributed by atoms with Crippen molar-refractivity contribution in [1.82, 2.24) is 9.80 Å². The molecule has 5 nitrogen and oxygen atoms in total. The summed E-state index contributed by atoms with van der Waals surface area (Å²) in [5.74, 6) is -0.500. The normalized spacial score (nSPS) is 19.1. The number of urea groups is 1. The predicted molar refractivity (Wildman–Crippen MR) is 83.3 cm³/mol. The first-order chi connectivity index (χ1) is 9.92. The van der Waals surface area contributed by atoms with Crippen LogP contribution in [0.4, 0.5) is 4.79 Å². The summed E-state index contributed by atoms with van der Waals surface area (Å²) in [4.78, 5) is 27.8. The maximum atomic E-state index is 12.9. The molecule has 0 aliphatic carbocycles. The standard InChI is InChI=1S/C16H30N2O3/c1-5-13(6-2)18(11-12(3)4)16(21)17-10-8-7-9-14(17)15(19)20/h12-14H,5-11H2,1-4H3,(H,19,20). The molecule has 21 heavy (non-hydrogen) atoms. The fourth-order valence-corrected chi connectivity index (χ4v) is 3.09. The third-order valence-electron chi connectivity index (χ3n) is 4.22. The Morgan fingerprint density at radius 1 is 1.24 bits per heavy atom. The van der Waals surface area contributed by atoms with Gasteiger partial charge in [-0.25, -0.2) is 9.59 Å². The number of aliphatic carboxylic acids is 1. The highest BCUT2D eigenvalue weighted by Crippen LogP contribution is 2.22. The average Bonchev–Trinajstić information content (AvgIpc) is 2.46. The lowest BCUT2D eigenvalue weighted by atomic mass is 10.0. The molecule has 2 amide bonds. The Morgan fingerprint density at radius 2 is 1.86 bits per heavy atom. The van der Waals surface area contributed by atoms with Gasteiger partial charge in [0.1, 0.15) is 6.04 Å². The molecule has 1 atom stereocenters. The lowest BCUT2D eigenvalue weighted by Crippen LogP contribution is -2.56. The van der Waals surface area contributed by atoms with Crippen molar-refractivity contribution in [2.45, 2.75) is 71.9 Å². The second-order valence-corrected chi connectivity index (χ2v) is 6.34. The largest absolute Gasteiger partial charge is 0.480 e. The zero-order valence-electron chi connectivity index (χ0n) is 13.8. The van der Waals surface area contributed by atoms with Gasteiger partial charge in [-0.1, -0.05) is 27.7 Å². The van der Waals surface area contributed by atoms with E-state index in [0.717, 1.165) is 25.7 Å². The summed E-state index contributed by atoms with van der Waals surface area (Å²) in [7, 11) is 0. The number of rotatable bonds is 6. The number of piperidine rings is 1. The van der Waals surface area contributed by atoms with Gasteiger partial charge >= 0.3 is 12.0 Å². The van der Waals surface area contributed by atoms with Crippen LogP contribution in [0.15, 0.2) is 0 Å². The maximum Gasteiger partial charge on any atom is 0.326 e. The highest BCUT2D eigenvalue weighted by Gasteiger charge is 2.36. The van der Waals surface area contributed by atoms with Crippen LogP contribution in [0.3, 0.4) is 0 Å². The number of carbonyl (C=O) groups is 2. The summed E-state index contributed by atoms with van der Waals surface area (Å²) in [6, 6.07) is -0.559. The number of carboxylic acids is 1. The average molecular weight is 298 g/mol. The van der Waals surface area contributed by atoms with Crippen molar-refractivity contribution in [3.63, 3.8) is 0 Å². The molecule has 1 fully saturated rings. The van der Waals surface area contributed by atoms with E-state index in [-0.39, 0.29) is 12.1 Å². The molecule has 5 heteroatoms. The third-order valence-corrected chi connectivity index (χ3v) is 4.22. The molecule has 1 aliphatic rings. The van der Waals surface area contributed by atoms with E-state index >= 15 is 0 Å². The Balaban J connectivity index is 2.93. The maximum absolute atomic E-state index is 12.9. The number of hydrogen-bond donors (Lipinski definition) is 1. The molecule has 0 aromatic carbocycles. The highest BCUT2D eigenvalue weighted by atomic mass is 16.4. The monoisotopic (exact) mass is 298 g/mol. The lowest BCUT2D eigenvalue weighted by molar-refractivity contribution is -0.143. The van der Waals surface area contributed by atoms with Gasteiger partial charge in [0.05, 0.1) is 0 Å². The summed E-state index contributed by atoms with van der Waals surface area (Å²) < 4.78 is 0. The molecule has 0 aromatic heterocycles. The molecule has 1 aliphatic heterocycles. The second-order valence-electron chi connectivity index (χ2n) is 6.34. The van der Waals surface area contributed by atoms with Gasteiger partial charge in [0.15, 0.2) is 0 Å². The summed E-state index contributed by atoms with van der Waals surface area (Å²) in [5, 5.41) is 9.36. The van der Waals surface area contributed by atoms with Crippen molar-refractivity contribution in [1.29, 1.82) is 0 Å². The van der Waals surface area contributed by atoms with Crippen LogP contribution in [0.1, 0.15) is 59.8 Å². The molecule has 1 heterocycles. The minimum atomic E-state index is -0.878. The van der Waals surface area contributed by atoms with E-state index in [2.05, 4.69) is 27.7 Å². The minimum absolute atomic E-state index is 0.0931. The number of amides is 2. The Hall–Kier alpha value is -1.26. The minimum Gasteiger partial charge on any atom is -0.480 e. The van der Waals surface area contributed by atoms with Gasteiger partial charge in [-0.3, -0.25) is 0 Å². The van der Waals surface area contributed by atoms with E-state index in [0.29, 0.717) is 25.4 Å². The molecule has 0 saturated carbocycles. The summed E-state index contributed by atoms with van der Waals surface area (Å²) in [5.41, 5.74) is 0. The molecular weight excluding hydrogens is 268 g/mol. The van der Waals surface area contributed by atoms with Crippen LogP contribution in [-0.4, -0.2) is 52.1 Å².